The smallest absolute Gasteiger partial charge is 0.338 e. The van der Waals surface area contributed by atoms with Crippen LogP contribution in [0.15, 0.2) is 30.3 Å². The Balaban J connectivity index is 2.52. The van der Waals surface area contributed by atoms with E-state index in [9.17, 15) is 20.1 Å². The van der Waals surface area contributed by atoms with Crippen LogP contribution in [0.4, 0.5) is 0 Å². The average Bonchev–Trinajstić information content (AvgIpc) is 2.58. The molecule has 3 atom stereocenters. The fraction of sp³-hybridized carbons (Fsp3) is 0.562. The lowest BCUT2D eigenvalue weighted by molar-refractivity contribution is -0.0746. The van der Waals surface area contributed by atoms with E-state index in [0.717, 1.165) is 11.5 Å². The highest BCUT2D eigenvalue weighted by Crippen LogP contribution is 2.28. The summed E-state index contributed by atoms with van der Waals surface area (Å²) in [5.41, 5.74) is 0.371. The average molecular weight is 360 g/mol. The predicted molar refractivity (Wildman–Crippen MR) is 94.8 cm³/mol. The van der Waals surface area contributed by atoms with Crippen LogP contribution >= 0.6 is 23.5 Å². The van der Waals surface area contributed by atoms with Gasteiger partial charge in [0.25, 0.3) is 0 Å². The van der Waals surface area contributed by atoms with Gasteiger partial charge in [-0.2, -0.15) is 0 Å². The monoisotopic (exact) mass is 360 g/mol. The normalized spacial score (nSPS) is 15.2. The summed E-state index contributed by atoms with van der Waals surface area (Å²) in [6, 6.07) is 8.40. The molecule has 0 spiro atoms. The van der Waals surface area contributed by atoms with Gasteiger partial charge in [0.15, 0.2) is 0 Å². The van der Waals surface area contributed by atoms with E-state index < -0.39 is 24.3 Å². The van der Waals surface area contributed by atoms with Crippen molar-refractivity contribution >= 4 is 29.5 Å². The van der Waals surface area contributed by atoms with Gasteiger partial charge in [0.1, 0.15) is 24.9 Å². The topological polar surface area (TPSA) is 87.0 Å². The Bertz CT molecular complexity index is 451. The van der Waals surface area contributed by atoms with Crippen LogP contribution in [0.25, 0.3) is 0 Å². The lowest BCUT2D eigenvalue weighted by Crippen LogP contribution is -2.44. The Hall–Kier alpha value is -0.730. The number of aliphatic hydroxyl groups is 3. The van der Waals surface area contributed by atoms with Gasteiger partial charge in [-0.15, -0.1) is 23.5 Å². The summed E-state index contributed by atoms with van der Waals surface area (Å²) in [6.07, 6.45) is -3.81. The molecule has 0 aromatic heterocycles. The second kappa shape index (κ2) is 10.9. The van der Waals surface area contributed by atoms with Crippen molar-refractivity contribution in [3.8, 4) is 0 Å². The molecule has 0 bridgehead atoms. The summed E-state index contributed by atoms with van der Waals surface area (Å²) in [5, 5.41) is 30.2. The van der Waals surface area contributed by atoms with Gasteiger partial charge in [0.2, 0.25) is 0 Å². The number of hydrogen-bond donors (Lipinski definition) is 3. The van der Waals surface area contributed by atoms with Gasteiger partial charge in [-0.25, -0.2) is 4.79 Å². The summed E-state index contributed by atoms with van der Waals surface area (Å²) in [4.78, 5) is 11.8. The molecule has 3 N–H and O–H groups in total. The Kier molecular flexibility index (Phi) is 9.66. The van der Waals surface area contributed by atoms with E-state index in [0.29, 0.717) is 5.56 Å². The summed E-state index contributed by atoms with van der Waals surface area (Å²) in [6.45, 7) is 3.56. The predicted octanol–water partition coefficient (Wildman–Crippen LogP) is 1.76. The molecule has 0 aliphatic rings. The van der Waals surface area contributed by atoms with Crippen LogP contribution in [-0.4, -0.2) is 62.3 Å². The van der Waals surface area contributed by atoms with E-state index in [1.54, 1.807) is 30.3 Å². The maximum absolute atomic E-state index is 11.8. The van der Waals surface area contributed by atoms with E-state index in [1.807, 2.05) is 13.8 Å². The second-order valence-corrected chi connectivity index (χ2v) is 7.93. The molecule has 0 aliphatic carbocycles. The number of ether oxygens (including phenoxy) is 1. The quantitative estimate of drug-likeness (QED) is 0.433. The molecule has 0 amide bonds. The third-order valence-electron chi connectivity index (χ3n) is 3.08. The molecule has 23 heavy (non-hydrogen) atoms. The molecule has 0 radical (unpaired) electrons. The van der Waals surface area contributed by atoms with E-state index in [-0.39, 0.29) is 11.2 Å². The van der Waals surface area contributed by atoms with Crippen molar-refractivity contribution in [1.82, 2.24) is 0 Å². The fourth-order valence-corrected chi connectivity index (χ4v) is 4.45. The third-order valence-corrected chi connectivity index (χ3v) is 5.78. The van der Waals surface area contributed by atoms with Crippen molar-refractivity contribution < 1.29 is 24.9 Å². The largest absolute Gasteiger partial charge is 0.459 e. The zero-order chi connectivity index (χ0) is 17.2. The Morgan fingerprint density at radius 1 is 1.04 bits per heavy atom. The fourth-order valence-electron chi connectivity index (χ4n) is 1.88. The van der Waals surface area contributed by atoms with Crippen molar-refractivity contribution in [3.05, 3.63) is 35.9 Å². The van der Waals surface area contributed by atoms with Crippen LogP contribution in [0.2, 0.25) is 0 Å². The molecule has 0 saturated heterocycles. The van der Waals surface area contributed by atoms with Crippen LogP contribution in [0.3, 0.4) is 0 Å². The summed E-state index contributed by atoms with van der Waals surface area (Å²) < 4.78 is 4.75. The number of hydrogen-bond acceptors (Lipinski definition) is 7. The minimum atomic E-state index is -1.37. The molecule has 5 nitrogen and oxygen atoms in total. The SMILES string of the molecule is CCSC(SCC)[C@H](O)[C@@H](O)[C@@H](O)COC(=O)c1ccccc1. The van der Waals surface area contributed by atoms with Crippen LogP contribution in [0.5, 0.6) is 0 Å². The van der Waals surface area contributed by atoms with Gasteiger partial charge < -0.3 is 20.1 Å². The lowest BCUT2D eigenvalue weighted by atomic mass is 10.1. The molecule has 0 unspecified atom stereocenters. The van der Waals surface area contributed by atoms with Crippen molar-refractivity contribution in [2.75, 3.05) is 18.1 Å². The first-order chi connectivity index (χ1) is 11.0. The summed E-state index contributed by atoms with van der Waals surface area (Å²) >= 11 is 3.02. The molecule has 7 heteroatoms. The summed E-state index contributed by atoms with van der Waals surface area (Å²) in [7, 11) is 0. The Morgan fingerprint density at radius 3 is 2.13 bits per heavy atom. The molecule has 0 saturated carbocycles. The highest BCUT2D eigenvalue weighted by atomic mass is 32.2. The molecular formula is C16H24O5S2. The number of aliphatic hydroxyl groups excluding tert-OH is 3. The molecular weight excluding hydrogens is 336 g/mol. The van der Waals surface area contributed by atoms with Crippen molar-refractivity contribution in [2.45, 2.75) is 36.7 Å². The number of carbonyl (C=O) groups excluding carboxylic acids is 1. The molecule has 0 aliphatic heterocycles. The van der Waals surface area contributed by atoms with Crippen molar-refractivity contribution in [2.24, 2.45) is 0 Å². The third kappa shape index (κ3) is 6.73. The Morgan fingerprint density at radius 2 is 1.61 bits per heavy atom. The van der Waals surface area contributed by atoms with Crippen LogP contribution < -0.4 is 0 Å². The van der Waals surface area contributed by atoms with Crippen molar-refractivity contribution in [1.29, 1.82) is 0 Å². The highest BCUT2D eigenvalue weighted by molar-refractivity contribution is 8.17. The van der Waals surface area contributed by atoms with Gasteiger partial charge >= 0.3 is 5.97 Å². The molecule has 130 valence electrons. The minimum Gasteiger partial charge on any atom is -0.459 e. The molecule has 0 fully saturated rings. The van der Waals surface area contributed by atoms with Crippen LogP contribution in [0.1, 0.15) is 24.2 Å². The molecule has 1 rings (SSSR count). The highest BCUT2D eigenvalue weighted by Gasteiger charge is 2.32. The van der Waals surface area contributed by atoms with Gasteiger partial charge in [-0.1, -0.05) is 32.0 Å². The second-order valence-electron chi connectivity index (χ2n) is 4.79. The zero-order valence-corrected chi connectivity index (χ0v) is 14.9. The van der Waals surface area contributed by atoms with Gasteiger partial charge in [-0.3, -0.25) is 0 Å². The molecule has 1 aromatic carbocycles. The first-order valence-electron chi connectivity index (χ1n) is 7.50. The number of rotatable bonds is 10. The first kappa shape index (κ1) is 20.3. The van der Waals surface area contributed by atoms with Crippen LogP contribution in [0, 0.1) is 0 Å². The number of thioether (sulfide) groups is 2. The first-order valence-corrected chi connectivity index (χ1v) is 9.60. The number of esters is 1. The molecule has 0 heterocycles. The maximum atomic E-state index is 11.8. The van der Waals surface area contributed by atoms with E-state index >= 15 is 0 Å². The van der Waals surface area contributed by atoms with Gasteiger partial charge in [0.05, 0.1) is 10.1 Å². The van der Waals surface area contributed by atoms with Crippen LogP contribution in [-0.2, 0) is 4.74 Å². The van der Waals surface area contributed by atoms with E-state index in [1.165, 1.54) is 23.5 Å². The number of carbonyl (C=O) groups is 1. The van der Waals surface area contributed by atoms with E-state index in [4.69, 9.17) is 4.74 Å². The lowest BCUT2D eigenvalue weighted by Gasteiger charge is -2.28. The number of benzene rings is 1. The van der Waals surface area contributed by atoms with Gasteiger partial charge in [0, 0.05) is 0 Å². The minimum absolute atomic E-state index is 0.237. The van der Waals surface area contributed by atoms with Crippen molar-refractivity contribution in [3.63, 3.8) is 0 Å². The van der Waals surface area contributed by atoms with Gasteiger partial charge in [-0.05, 0) is 23.6 Å². The molecule has 1 aromatic rings. The van der Waals surface area contributed by atoms with E-state index in [2.05, 4.69) is 0 Å². The summed E-state index contributed by atoms with van der Waals surface area (Å²) in [5.74, 6) is 1.01. The standard InChI is InChI=1S/C16H24O5S2/c1-3-22-16(23-4-2)14(19)13(18)12(17)10-21-15(20)11-8-6-5-7-9-11/h5-9,12-14,16-19H,3-4,10H2,1-2H3/t12-,13-,14+/m0/s1. The zero-order valence-electron chi connectivity index (χ0n) is 13.3. The maximum Gasteiger partial charge on any atom is 0.338 e. The Labute approximate surface area is 145 Å².